The Morgan fingerprint density at radius 1 is 1.10 bits per heavy atom. The molecule has 0 aliphatic heterocycles. The molecule has 2 aromatic carbocycles. The van der Waals surface area contributed by atoms with Crippen molar-refractivity contribution in [1.82, 2.24) is 4.90 Å². The van der Waals surface area contributed by atoms with Crippen molar-refractivity contribution in [2.24, 2.45) is 0 Å². The van der Waals surface area contributed by atoms with Crippen LogP contribution < -0.4 is 5.73 Å². The van der Waals surface area contributed by atoms with Crippen LogP contribution in [0.15, 0.2) is 48.5 Å². The minimum absolute atomic E-state index is 0.0265. The van der Waals surface area contributed by atoms with Crippen LogP contribution in [0.5, 0.6) is 0 Å². The van der Waals surface area contributed by atoms with Crippen LogP contribution in [0.3, 0.4) is 0 Å². The molecule has 0 radical (unpaired) electrons. The number of carbonyl (C=O) groups excluding carboxylic acids is 1. The zero-order valence-electron chi connectivity index (χ0n) is 12.8. The Labute approximate surface area is 126 Å². The van der Waals surface area contributed by atoms with Crippen molar-refractivity contribution in [2.75, 3.05) is 5.73 Å². The SMILES string of the molecule is Cc1c(N)cccc1C(=O)N(Cc1ccccc1)C(C)C. The molecule has 3 heteroatoms. The van der Waals surface area contributed by atoms with Gasteiger partial charge in [-0.2, -0.15) is 0 Å². The van der Waals surface area contributed by atoms with Gasteiger partial charge in [-0.25, -0.2) is 0 Å². The highest BCUT2D eigenvalue weighted by Gasteiger charge is 2.21. The van der Waals surface area contributed by atoms with Crippen molar-refractivity contribution in [2.45, 2.75) is 33.4 Å². The lowest BCUT2D eigenvalue weighted by Gasteiger charge is -2.28. The first-order valence-corrected chi connectivity index (χ1v) is 7.20. The van der Waals surface area contributed by atoms with Gasteiger partial charge in [0.2, 0.25) is 0 Å². The fraction of sp³-hybridized carbons (Fsp3) is 0.278. The summed E-state index contributed by atoms with van der Waals surface area (Å²) in [5.41, 5.74) is 9.23. The van der Waals surface area contributed by atoms with Gasteiger partial charge in [0.15, 0.2) is 0 Å². The molecule has 0 heterocycles. The quantitative estimate of drug-likeness (QED) is 0.870. The van der Waals surface area contributed by atoms with E-state index in [-0.39, 0.29) is 11.9 Å². The van der Waals surface area contributed by atoms with E-state index in [1.165, 1.54) is 0 Å². The monoisotopic (exact) mass is 282 g/mol. The molecule has 0 fully saturated rings. The van der Waals surface area contributed by atoms with Gasteiger partial charge in [0.05, 0.1) is 0 Å². The smallest absolute Gasteiger partial charge is 0.254 e. The maximum absolute atomic E-state index is 12.8. The van der Waals surface area contributed by atoms with Crippen LogP contribution in [0.4, 0.5) is 5.69 Å². The maximum Gasteiger partial charge on any atom is 0.254 e. The number of nitrogen functional groups attached to an aromatic ring is 1. The fourth-order valence-corrected chi connectivity index (χ4v) is 2.31. The molecule has 0 unspecified atom stereocenters. The number of carbonyl (C=O) groups is 1. The van der Waals surface area contributed by atoms with Crippen LogP contribution in [0.25, 0.3) is 0 Å². The predicted molar refractivity (Wildman–Crippen MR) is 87.0 cm³/mol. The Kier molecular flexibility index (Phi) is 4.63. The van der Waals surface area contributed by atoms with Crippen molar-refractivity contribution in [3.05, 3.63) is 65.2 Å². The number of nitrogens with two attached hydrogens (primary N) is 1. The molecule has 21 heavy (non-hydrogen) atoms. The summed E-state index contributed by atoms with van der Waals surface area (Å²) < 4.78 is 0. The second-order valence-corrected chi connectivity index (χ2v) is 5.53. The zero-order valence-corrected chi connectivity index (χ0v) is 12.8. The normalized spacial score (nSPS) is 10.7. The highest BCUT2D eigenvalue weighted by Crippen LogP contribution is 2.20. The van der Waals surface area contributed by atoms with E-state index in [9.17, 15) is 4.79 Å². The second kappa shape index (κ2) is 6.44. The molecule has 0 saturated heterocycles. The summed E-state index contributed by atoms with van der Waals surface area (Å²) in [6.45, 7) is 6.56. The van der Waals surface area contributed by atoms with Gasteiger partial charge in [0.1, 0.15) is 0 Å². The lowest BCUT2D eigenvalue weighted by molar-refractivity contribution is 0.0689. The van der Waals surface area contributed by atoms with E-state index in [1.54, 1.807) is 0 Å². The van der Waals surface area contributed by atoms with Gasteiger partial charge < -0.3 is 10.6 Å². The van der Waals surface area contributed by atoms with Gasteiger partial charge in [-0.15, -0.1) is 0 Å². The van der Waals surface area contributed by atoms with Crippen LogP contribution >= 0.6 is 0 Å². The first-order chi connectivity index (χ1) is 10.0. The molecule has 0 aliphatic carbocycles. The van der Waals surface area contributed by atoms with E-state index in [0.717, 1.165) is 11.1 Å². The molecule has 110 valence electrons. The number of rotatable bonds is 4. The van der Waals surface area contributed by atoms with Gasteiger partial charge in [-0.3, -0.25) is 4.79 Å². The van der Waals surface area contributed by atoms with E-state index >= 15 is 0 Å². The summed E-state index contributed by atoms with van der Waals surface area (Å²) in [6.07, 6.45) is 0. The Balaban J connectivity index is 2.30. The van der Waals surface area contributed by atoms with Gasteiger partial charge in [0.25, 0.3) is 5.91 Å². The number of hydrogen-bond donors (Lipinski definition) is 1. The van der Waals surface area contributed by atoms with Crippen LogP contribution in [0, 0.1) is 6.92 Å². The molecule has 2 rings (SSSR count). The summed E-state index contributed by atoms with van der Waals surface area (Å²) >= 11 is 0. The standard InChI is InChI=1S/C18H22N2O/c1-13(2)20(12-15-8-5-4-6-9-15)18(21)16-10-7-11-17(19)14(16)3/h4-11,13H,12,19H2,1-3H3. The first kappa shape index (κ1) is 15.1. The maximum atomic E-state index is 12.8. The minimum atomic E-state index is 0.0265. The van der Waals surface area contributed by atoms with E-state index in [4.69, 9.17) is 5.73 Å². The Hall–Kier alpha value is -2.29. The van der Waals surface area contributed by atoms with Crippen molar-refractivity contribution < 1.29 is 4.79 Å². The van der Waals surface area contributed by atoms with Gasteiger partial charge >= 0.3 is 0 Å². The third-order valence-corrected chi connectivity index (χ3v) is 3.69. The predicted octanol–water partition coefficient (Wildman–Crippen LogP) is 3.63. The molecule has 0 atom stereocenters. The third-order valence-electron chi connectivity index (χ3n) is 3.69. The molecule has 0 aliphatic rings. The molecule has 3 nitrogen and oxygen atoms in total. The molecule has 2 N–H and O–H groups in total. The number of anilines is 1. The van der Waals surface area contributed by atoms with Crippen molar-refractivity contribution in [3.63, 3.8) is 0 Å². The summed E-state index contributed by atoms with van der Waals surface area (Å²) in [5, 5.41) is 0. The molecule has 1 amide bonds. The largest absolute Gasteiger partial charge is 0.398 e. The van der Waals surface area contributed by atoms with Crippen LogP contribution in [-0.4, -0.2) is 16.8 Å². The van der Waals surface area contributed by atoms with Gasteiger partial charge in [-0.1, -0.05) is 36.4 Å². The third kappa shape index (κ3) is 3.43. The van der Waals surface area contributed by atoms with Crippen LogP contribution in [0.2, 0.25) is 0 Å². The second-order valence-electron chi connectivity index (χ2n) is 5.53. The van der Waals surface area contributed by atoms with E-state index in [0.29, 0.717) is 17.8 Å². The Bertz CT molecular complexity index is 620. The Morgan fingerprint density at radius 3 is 2.38 bits per heavy atom. The Morgan fingerprint density at radius 2 is 1.76 bits per heavy atom. The summed E-state index contributed by atoms with van der Waals surface area (Å²) in [7, 11) is 0. The van der Waals surface area contributed by atoms with Crippen LogP contribution in [-0.2, 0) is 6.54 Å². The average molecular weight is 282 g/mol. The van der Waals surface area contributed by atoms with E-state index in [2.05, 4.69) is 0 Å². The molecule has 2 aromatic rings. The molecule has 0 spiro atoms. The molecule has 0 bridgehead atoms. The van der Waals surface area contributed by atoms with Crippen molar-refractivity contribution in [1.29, 1.82) is 0 Å². The first-order valence-electron chi connectivity index (χ1n) is 7.20. The summed E-state index contributed by atoms with van der Waals surface area (Å²) in [4.78, 5) is 14.7. The molecular weight excluding hydrogens is 260 g/mol. The summed E-state index contributed by atoms with van der Waals surface area (Å²) in [5.74, 6) is 0.0265. The molecule has 0 aromatic heterocycles. The highest BCUT2D eigenvalue weighted by atomic mass is 16.2. The van der Waals surface area contributed by atoms with Crippen LogP contribution in [0.1, 0.15) is 35.3 Å². The number of nitrogens with zero attached hydrogens (tertiary/aromatic N) is 1. The minimum Gasteiger partial charge on any atom is -0.398 e. The topological polar surface area (TPSA) is 46.3 Å². The van der Waals surface area contributed by atoms with E-state index in [1.807, 2.05) is 74.2 Å². The zero-order chi connectivity index (χ0) is 15.4. The van der Waals surface area contributed by atoms with Crippen molar-refractivity contribution in [3.8, 4) is 0 Å². The van der Waals surface area contributed by atoms with Gasteiger partial charge in [-0.05, 0) is 44.0 Å². The number of benzene rings is 2. The fourth-order valence-electron chi connectivity index (χ4n) is 2.31. The van der Waals surface area contributed by atoms with E-state index < -0.39 is 0 Å². The van der Waals surface area contributed by atoms with Gasteiger partial charge in [0, 0.05) is 23.8 Å². The lowest BCUT2D eigenvalue weighted by atomic mass is 10.0. The lowest BCUT2D eigenvalue weighted by Crippen LogP contribution is -2.36. The molecular formula is C18H22N2O. The molecule has 0 saturated carbocycles. The highest BCUT2D eigenvalue weighted by molar-refractivity contribution is 5.97. The number of hydrogen-bond acceptors (Lipinski definition) is 2. The summed E-state index contributed by atoms with van der Waals surface area (Å²) in [6, 6.07) is 15.7. The van der Waals surface area contributed by atoms with Crippen molar-refractivity contribution >= 4 is 11.6 Å². The number of amides is 1. The average Bonchev–Trinajstić information content (AvgIpc) is 2.48.